The Morgan fingerprint density at radius 3 is 2.40 bits per heavy atom. The van der Waals surface area contributed by atoms with Crippen LogP contribution in [0.4, 0.5) is 0 Å². The van der Waals surface area contributed by atoms with E-state index in [0.717, 1.165) is 11.5 Å². The summed E-state index contributed by atoms with van der Waals surface area (Å²) in [6.45, 7) is 7.61. The molecule has 0 heterocycles. The summed E-state index contributed by atoms with van der Waals surface area (Å²) < 4.78 is 0. The molecule has 0 saturated heterocycles. The van der Waals surface area contributed by atoms with Gasteiger partial charge in [-0.1, -0.05) is 37.3 Å². The van der Waals surface area contributed by atoms with Crippen LogP contribution in [-0.4, -0.2) is 0 Å². The van der Waals surface area contributed by atoms with Gasteiger partial charge in [-0.15, -0.1) is 0 Å². The molecular weight excluding hydrogens is 144 g/mol. The van der Waals surface area contributed by atoms with Crippen LogP contribution in [0.25, 0.3) is 0 Å². The van der Waals surface area contributed by atoms with Gasteiger partial charge >= 0.3 is 0 Å². The summed E-state index contributed by atoms with van der Waals surface area (Å²) in [6.07, 6.45) is 6.71. The Bertz CT molecular complexity index is 160. The normalized spacial score (nSPS) is 13.5. The lowest BCUT2D eigenvalue weighted by Crippen LogP contribution is -1.70. The smallest absolute Gasteiger partial charge is 0.0150 e. The highest BCUT2D eigenvalue weighted by Gasteiger charge is 1.82. The zero-order valence-electron chi connectivity index (χ0n) is 6.52. The first-order valence-electron chi connectivity index (χ1n) is 3.36. The first-order valence-corrected chi connectivity index (χ1v) is 3.74. The molecule has 1 heteroatoms. The molecule has 0 rings (SSSR count). The van der Waals surface area contributed by atoms with E-state index in [9.17, 15) is 0 Å². The van der Waals surface area contributed by atoms with Crippen LogP contribution in [0.2, 0.25) is 0 Å². The fourth-order valence-electron chi connectivity index (χ4n) is 0.552. The molecule has 0 atom stereocenters. The minimum absolute atomic E-state index is 0.799. The Hall–Kier alpha value is -0.490. The van der Waals surface area contributed by atoms with Crippen molar-refractivity contribution in [1.82, 2.24) is 0 Å². The summed E-state index contributed by atoms with van der Waals surface area (Å²) in [4.78, 5) is 0. The predicted molar refractivity (Wildman–Crippen MR) is 48.2 cm³/mol. The van der Waals surface area contributed by atoms with Crippen LogP contribution in [0.3, 0.4) is 0 Å². The SMILES string of the molecule is C=C/C(=C\C=C(/C)Cl)CC. The molecule has 0 nitrogen and oxygen atoms in total. The molecule has 10 heavy (non-hydrogen) atoms. The van der Waals surface area contributed by atoms with E-state index in [0.29, 0.717) is 0 Å². The van der Waals surface area contributed by atoms with Crippen molar-refractivity contribution < 1.29 is 0 Å². The van der Waals surface area contributed by atoms with Crippen LogP contribution < -0.4 is 0 Å². The fraction of sp³-hybridized carbons (Fsp3) is 0.333. The van der Waals surface area contributed by atoms with Crippen molar-refractivity contribution in [2.24, 2.45) is 0 Å². The maximum absolute atomic E-state index is 5.62. The molecule has 0 aromatic rings. The first kappa shape index (κ1) is 9.51. The maximum Gasteiger partial charge on any atom is 0.0150 e. The lowest BCUT2D eigenvalue weighted by Gasteiger charge is -1.91. The third-order valence-corrected chi connectivity index (χ3v) is 1.32. The zero-order valence-corrected chi connectivity index (χ0v) is 7.28. The number of hydrogen-bond donors (Lipinski definition) is 0. The highest BCUT2D eigenvalue weighted by atomic mass is 35.5. The second-order valence-electron chi connectivity index (χ2n) is 2.05. The Balaban J connectivity index is 4.12. The van der Waals surface area contributed by atoms with E-state index in [1.165, 1.54) is 5.57 Å². The molecule has 0 N–H and O–H groups in total. The van der Waals surface area contributed by atoms with Gasteiger partial charge in [0.05, 0.1) is 0 Å². The van der Waals surface area contributed by atoms with Crippen LogP contribution in [0.5, 0.6) is 0 Å². The van der Waals surface area contributed by atoms with Crippen molar-refractivity contribution >= 4 is 11.6 Å². The summed E-state index contributed by atoms with van der Waals surface area (Å²) in [5.41, 5.74) is 1.21. The largest absolute Gasteiger partial charge is 0.0988 e. The van der Waals surface area contributed by atoms with Gasteiger partial charge in [-0.3, -0.25) is 0 Å². The van der Waals surface area contributed by atoms with Gasteiger partial charge in [-0.05, 0) is 25.0 Å². The zero-order chi connectivity index (χ0) is 7.98. The topological polar surface area (TPSA) is 0 Å². The lowest BCUT2D eigenvalue weighted by molar-refractivity contribution is 1.15. The number of rotatable bonds is 3. The van der Waals surface area contributed by atoms with Crippen LogP contribution >= 0.6 is 11.6 Å². The van der Waals surface area contributed by atoms with Crippen molar-refractivity contribution in [2.75, 3.05) is 0 Å². The maximum atomic E-state index is 5.62. The summed E-state index contributed by atoms with van der Waals surface area (Å²) in [7, 11) is 0. The van der Waals surface area contributed by atoms with Gasteiger partial charge in [0.1, 0.15) is 0 Å². The molecule has 0 unspecified atom stereocenters. The monoisotopic (exact) mass is 156 g/mol. The van der Waals surface area contributed by atoms with Crippen molar-refractivity contribution in [3.8, 4) is 0 Å². The van der Waals surface area contributed by atoms with Crippen LogP contribution in [0, 0.1) is 0 Å². The van der Waals surface area contributed by atoms with Crippen molar-refractivity contribution in [3.63, 3.8) is 0 Å². The van der Waals surface area contributed by atoms with Gasteiger partial charge in [-0.2, -0.15) is 0 Å². The van der Waals surface area contributed by atoms with E-state index in [-0.39, 0.29) is 0 Å². The van der Waals surface area contributed by atoms with E-state index in [4.69, 9.17) is 11.6 Å². The summed E-state index contributed by atoms with van der Waals surface area (Å²) in [6, 6.07) is 0. The molecule has 0 radical (unpaired) electrons. The number of allylic oxidation sites excluding steroid dienone is 5. The van der Waals surface area contributed by atoms with Crippen molar-refractivity contribution in [2.45, 2.75) is 20.3 Å². The van der Waals surface area contributed by atoms with Crippen LogP contribution in [0.1, 0.15) is 20.3 Å². The Morgan fingerprint density at radius 1 is 1.50 bits per heavy atom. The predicted octanol–water partition coefficient (Wildman–Crippen LogP) is 3.65. The number of halogens is 1. The first-order chi connectivity index (χ1) is 4.70. The van der Waals surface area contributed by atoms with E-state index in [2.05, 4.69) is 13.5 Å². The molecule has 0 bridgehead atoms. The molecule has 56 valence electrons. The Morgan fingerprint density at radius 2 is 2.10 bits per heavy atom. The molecular formula is C9H13Cl. The van der Waals surface area contributed by atoms with Crippen LogP contribution in [-0.2, 0) is 0 Å². The summed E-state index contributed by atoms with van der Waals surface area (Å²) in [5, 5.41) is 0.799. The highest BCUT2D eigenvalue weighted by Crippen LogP contribution is 2.04. The molecule has 0 saturated carbocycles. The van der Waals surface area contributed by atoms with Gasteiger partial charge in [0.25, 0.3) is 0 Å². The summed E-state index contributed by atoms with van der Waals surface area (Å²) >= 11 is 5.62. The quantitative estimate of drug-likeness (QED) is 0.548. The molecule has 0 spiro atoms. The summed E-state index contributed by atoms with van der Waals surface area (Å²) in [5.74, 6) is 0. The van der Waals surface area contributed by atoms with Crippen molar-refractivity contribution in [3.05, 3.63) is 35.4 Å². The highest BCUT2D eigenvalue weighted by molar-refractivity contribution is 6.29. The van der Waals surface area contributed by atoms with Gasteiger partial charge < -0.3 is 0 Å². The number of hydrogen-bond acceptors (Lipinski definition) is 0. The molecule has 0 aromatic carbocycles. The lowest BCUT2D eigenvalue weighted by atomic mass is 10.2. The van der Waals surface area contributed by atoms with E-state index >= 15 is 0 Å². The van der Waals surface area contributed by atoms with E-state index in [1.807, 2.05) is 25.2 Å². The van der Waals surface area contributed by atoms with E-state index in [1.54, 1.807) is 0 Å². The minimum Gasteiger partial charge on any atom is -0.0988 e. The Labute approximate surface area is 67.9 Å². The molecule has 0 aliphatic rings. The fourth-order valence-corrected chi connectivity index (χ4v) is 0.615. The van der Waals surface area contributed by atoms with Gasteiger partial charge in [0.2, 0.25) is 0 Å². The third kappa shape index (κ3) is 4.39. The van der Waals surface area contributed by atoms with Crippen molar-refractivity contribution in [1.29, 1.82) is 0 Å². The van der Waals surface area contributed by atoms with Gasteiger partial charge in [0, 0.05) is 5.03 Å². The average molecular weight is 157 g/mol. The Kier molecular flexibility index (Phi) is 5.05. The average Bonchev–Trinajstić information content (AvgIpc) is 1.90. The third-order valence-electron chi connectivity index (χ3n) is 1.20. The molecule has 0 aliphatic heterocycles. The van der Waals surface area contributed by atoms with Gasteiger partial charge in [-0.25, -0.2) is 0 Å². The standard InChI is InChI=1S/C9H13Cl/c1-4-9(5-2)7-6-8(3)10/h4,6-7H,1,5H2,2-3H3/b8-6+,9-7+. The molecule has 0 aliphatic carbocycles. The molecule has 0 amide bonds. The second kappa shape index (κ2) is 5.31. The van der Waals surface area contributed by atoms with Gasteiger partial charge in [0.15, 0.2) is 0 Å². The minimum atomic E-state index is 0.799. The second-order valence-corrected chi connectivity index (χ2v) is 2.65. The molecule has 0 aromatic heterocycles. The van der Waals surface area contributed by atoms with Crippen LogP contribution in [0.15, 0.2) is 35.4 Å². The molecule has 0 fully saturated rings. The van der Waals surface area contributed by atoms with E-state index < -0.39 is 0 Å².